The van der Waals surface area contributed by atoms with Gasteiger partial charge in [0.1, 0.15) is 0 Å². The SMILES string of the molecule is Cc1ccccc1CN1CCCC1(O)F. The van der Waals surface area contributed by atoms with Crippen molar-refractivity contribution in [2.24, 2.45) is 0 Å². The van der Waals surface area contributed by atoms with E-state index in [0.29, 0.717) is 13.1 Å². The first kappa shape index (κ1) is 10.6. The van der Waals surface area contributed by atoms with Crippen LogP contribution in [0.5, 0.6) is 0 Å². The predicted molar refractivity (Wildman–Crippen MR) is 56.9 cm³/mol. The predicted octanol–water partition coefficient (Wildman–Crippen LogP) is 2.21. The molecular formula is C12H16FNO. The van der Waals surface area contributed by atoms with Gasteiger partial charge in [0, 0.05) is 19.5 Å². The Bertz CT molecular complexity index is 351. The maximum absolute atomic E-state index is 13.6. The number of nitrogens with zero attached hydrogens (tertiary/aromatic N) is 1. The van der Waals surface area contributed by atoms with Crippen LogP contribution in [0.2, 0.25) is 0 Å². The quantitative estimate of drug-likeness (QED) is 0.755. The van der Waals surface area contributed by atoms with Gasteiger partial charge in [0.25, 0.3) is 5.98 Å². The molecule has 2 nitrogen and oxygen atoms in total. The van der Waals surface area contributed by atoms with Crippen LogP contribution in [0.4, 0.5) is 4.39 Å². The maximum Gasteiger partial charge on any atom is 0.266 e. The first-order valence-electron chi connectivity index (χ1n) is 5.30. The van der Waals surface area contributed by atoms with Crippen LogP contribution in [0.1, 0.15) is 24.0 Å². The largest absolute Gasteiger partial charge is 0.350 e. The van der Waals surface area contributed by atoms with Gasteiger partial charge in [-0.3, -0.25) is 0 Å². The minimum Gasteiger partial charge on any atom is -0.350 e. The highest BCUT2D eigenvalue weighted by atomic mass is 19.2. The average molecular weight is 209 g/mol. The molecule has 1 aromatic rings. The third-order valence-electron chi connectivity index (χ3n) is 3.03. The fourth-order valence-electron chi connectivity index (χ4n) is 2.02. The molecule has 1 N–H and O–H groups in total. The smallest absolute Gasteiger partial charge is 0.266 e. The summed E-state index contributed by atoms with van der Waals surface area (Å²) in [6, 6.07) is 7.88. The van der Waals surface area contributed by atoms with E-state index in [0.717, 1.165) is 17.5 Å². The van der Waals surface area contributed by atoms with Gasteiger partial charge in [-0.1, -0.05) is 24.3 Å². The lowest BCUT2D eigenvalue weighted by atomic mass is 10.1. The molecule has 1 unspecified atom stereocenters. The van der Waals surface area contributed by atoms with Gasteiger partial charge < -0.3 is 5.11 Å². The zero-order valence-electron chi connectivity index (χ0n) is 8.91. The standard InChI is InChI=1S/C12H16FNO/c1-10-5-2-3-6-11(10)9-14-8-4-7-12(14,13)15/h2-3,5-6,15H,4,7-9H2,1H3. The Labute approximate surface area is 89.3 Å². The third-order valence-corrected chi connectivity index (χ3v) is 3.03. The Morgan fingerprint density at radius 2 is 2.20 bits per heavy atom. The Morgan fingerprint density at radius 1 is 1.47 bits per heavy atom. The van der Waals surface area contributed by atoms with E-state index in [9.17, 15) is 9.50 Å². The highest BCUT2D eigenvalue weighted by Gasteiger charge is 2.38. The molecule has 1 heterocycles. The average Bonchev–Trinajstić information content (AvgIpc) is 2.50. The van der Waals surface area contributed by atoms with Gasteiger partial charge in [-0.2, -0.15) is 4.39 Å². The minimum absolute atomic E-state index is 0.221. The second-order valence-corrected chi connectivity index (χ2v) is 4.17. The molecule has 0 amide bonds. The van der Waals surface area contributed by atoms with E-state index in [1.807, 2.05) is 31.2 Å². The van der Waals surface area contributed by atoms with Crippen molar-refractivity contribution in [3.05, 3.63) is 35.4 Å². The van der Waals surface area contributed by atoms with Crippen LogP contribution in [0.15, 0.2) is 24.3 Å². The van der Waals surface area contributed by atoms with Gasteiger partial charge in [0.05, 0.1) is 0 Å². The summed E-state index contributed by atoms with van der Waals surface area (Å²) >= 11 is 0. The number of halogens is 1. The molecule has 0 radical (unpaired) electrons. The summed E-state index contributed by atoms with van der Waals surface area (Å²) in [6.45, 7) is 3.11. The first-order chi connectivity index (χ1) is 7.09. The van der Waals surface area contributed by atoms with Crippen molar-refractivity contribution in [1.29, 1.82) is 0 Å². The molecule has 0 aliphatic carbocycles. The molecule has 1 aliphatic rings. The van der Waals surface area contributed by atoms with Gasteiger partial charge in [-0.05, 0) is 24.5 Å². The van der Waals surface area contributed by atoms with E-state index in [1.165, 1.54) is 4.90 Å². The highest BCUT2D eigenvalue weighted by molar-refractivity contribution is 5.25. The Kier molecular flexibility index (Phi) is 2.76. The van der Waals surface area contributed by atoms with Crippen molar-refractivity contribution in [1.82, 2.24) is 4.90 Å². The van der Waals surface area contributed by atoms with Crippen molar-refractivity contribution in [3.63, 3.8) is 0 Å². The molecule has 3 heteroatoms. The number of benzene rings is 1. The first-order valence-corrected chi connectivity index (χ1v) is 5.30. The fourth-order valence-corrected chi connectivity index (χ4v) is 2.02. The number of aliphatic hydroxyl groups is 1. The Morgan fingerprint density at radius 3 is 2.80 bits per heavy atom. The zero-order valence-corrected chi connectivity index (χ0v) is 8.91. The molecule has 0 bridgehead atoms. The lowest BCUT2D eigenvalue weighted by molar-refractivity contribution is -0.189. The molecule has 15 heavy (non-hydrogen) atoms. The summed E-state index contributed by atoms with van der Waals surface area (Å²) in [5.74, 6) is -2.11. The van der Waals surface area contributed by atoms with E-state index in [2.05, 4.69) is 0 Å². The molecule has 0 aromatic heterocycles. The Hall–Kier alpha value is -0.930. The molecule has 1 saturated heterocycles. The number of hydrogen-bond acceptors (Lipinski definition) is 2. The normalized spacial score (nSPS) is 27.1. The van der Waals surface area contributed by atoms with E-state index in [4.69, 9.17) is 0 Å². The van der Waals surface area contributed by atoms with Gasteiger partial charge in [0.15, 0.2) is 0 Å². The van der Waals surface area contributed by atoms with Gasteiger partial charge >= 0.3 is 0 Å². The molecule has 82 valence electrons. The Balaban J connectivity index is 2.12. The topological polar surface area (TPSA) is 23.5 Å². The van der Waals surface area contributed by atoms with Gasteiger partial charge in [-0.25, -0.2) is 4.90 Å². The molecule has 0 spiro atoms. The summed E-state index contributed by atoms with van der Waals surface area (Å²) in [5, 5.41) is 9.47. The van der Waals surface area contributed by atoms with Crippen LogP contribution < -0.4 is 0 Å². The number of rotatable bonds is 2. The van der Waals surface area contributed by atoms with Gasteiger partial charge in [0.2, 0.25) is 0 Å². The van der Waals surface area contributed by atoms with Crippen molar-refractivity contribution in [2.75, 3.05) is 6.54 Å². The van der Waals surface area contributed by atoms with Crippen LogP contribution in [0.3, 0.4) is 0 Å². The van der Waals surface area contributed by atoms with Gasteiger partial charge in [-0.15, -0.1) is 0 Å². The molecule has 1 aliphatic heterocycles. The number of hydrogen-bond donors (Lipinski definition) is 1. The van der Waals surface area contributed by atoms with E-state index < -0.39 is 5.98 Å². The highest BCUT2D eigenvalue weighted by Crippen LogP contribution is 2.29. The summed E-state index contributed by atoms with van der Waals surface area (Å²) in [4.78, 5) is 1.50. The molecule has 1 atom stereocenters. The number of likely N-dealkylation sites (tertiary alicyclic amines) is 1. The molecule has 1 aromatic carbocycles. The van der Waals surface area contributed by atoms with Crippen molar-refractivity contribution in [2.45, 2.75) is 32.3 Å². The molecule has 2 rings (SSSR count). The summed E-state index contributed by atoms with van der Waals surface area (Å²) in [6.07, 6.45) is 0.942. The summed E-state index contributed by atoms with van der Waals surface area (Å²) in [5.41, 5.74) is 2.22. The molecule has 1 fully saturated rings. The van der Waals surface area contributed by atoms with Crippen LogP contribution in [-0.2, 0) is 6.54 Å². The van der Waals surface area contributed by atoms with Crippen LogP contribution in [-0.4, -0.2) is 22.5 Å². The van der Waals surface area contributed by atoms with E-state index in [-0.39, 0.29) is 6.42 Å². The van der Waals surface area contributed by atoms with Crippen molar-refractivity contribution >= 4 is 0 Å². The summed E-state index contributed by atoms with van der Waals surface area (Å²) in [7, 11) is 0. The van der Waals surface area contributed by atoms with E-state index >= 15 is 0 Å². The summed E-state index contributed by atoms with van der Waals surface area (Å²) < 4.78 is 13.6. The lowest BCUT2D eigenvalue weighted by Gasteiger charge is -2.26. The van der Waals surface area contributed by atoms with Crippen LogP contribution in [0.25, 0.3) is 0 Å². The molecular weight excluding hydrogens is 193 g/mol. The second-order valence-electron chi connectivity index (χ2n) is 4.17. The monoisotopic (exact) mass is 209 g/mol. The number of aryl methyl sites for hydroxylation is 1. The lowest BCUT2D eigenvalue weighted by Crippen LogP contribution is -2.38. The third kappa shape index (κ3) is 2.19. The van der Waals surface area contributed by atoms with Crippen LogP contribution in [0, 0.1) is 6.92 Å². The molecule has 0 saturated carbocycles. The fraction of sp³-hybridized carbons (Fsp3) is 0.500. The number of alkyl halides is 1. The van der Waals surface area contributed by atoms with E-state index in [1.54, 1.807) is 0 Å². The maximum atomic E-state index is 13.6. The van der Waals surface area contributed by atoms with Crippen molar-refractivity contribution in [3.8, 4) is 0 Å². The second kappa shape index (κ2) is 3.91. The van der Waals surface area contributed by atoms with Crippen molar-refractivity contribution < 1.29 is 9.50 Å². The zero-order chi connectivity index (χ0) is 10.9. The minimum atomic E-state index is -2.11. The van der Waals surface area contributed by atoms with Crippen LogP contribution >= 0.6 is 0 Å².